The summed E-state index contributed by atoms with van der Waals surface area (Å²) in [6.45, 7) is 0.223. The number of fused-ring (bicyclic) bond motifs is 1. The fourth-order valence-corrected chi connectivity index (χ4v) is 1.97. The lowest BCUT2D eigenvalue weighted by Gasteiger charge is -2.07. The van der Waals surface area contributed by atoms with E-state index in [-0.39, 0.29) is 12.4 Å². The van der Waals surface area contributed by atoms with Gasteiger partial charge in [-0.1, -0.05) is 12.1 Å². The molecule has 2 heterocycles. The predicted molar refractivity (Wildman–Crippen MR) is 71.8 cm³/mol. The second-order valence-corrected chi connectivity index (χ2v) is 4.41. The molecule has 0 atom stereocenters. The van der Waals surface area contributed by atoms with Gasteiger partial charge in [0.2, 0.25) is 0 Å². The molecule has 0 aliphatic carbocycles. The van der Waals surface area contributed by atoms with Crippen LogP contribution >= 0.6 is 0 Å². The molecule has 4 nitrogen and oxygen atoms in total. The van der Waals surface area contributed by atoms with Crippen molar-refractivity contribution in [2.75, 3.05) is 0 Å². The van der Waals surface area contributed by atoms with E-state index in [1.807, 2.05) is 18.3 Å². The van der Waals surface area contributed by atoms with Crippen LogP contribution in [-0.2, 0) is 13.2 Å². The Morgan fingerprint density at radius 1 is 1.20 bits per heavy atom. The highest BCUT2D eigenvalue weighted by Crippen LogP contribution is 2.20. The Morgan fingerprint density at radius 2 is 2.00 bits per heavy atom. The minimum absolute atomic E-state index is 0.112. The van der Waals surface area contributed by atoms with E-state index in [4.69, 9.17) is 9.84 Å². The van der Waals surface area contributed by atoms with Crippen molar-refractivity contribution in [3.8, 4) is 5.75 Å². The van der Waals surface area contributed by atoms with Gasteiger partial charge in [-0.2, -0.15) is 0 Å². The molecular formula is C15H13FN2O2. The molecule has 0 bridgehead atoms. The molecule has 0 radical (unpaired) electrons. The van der Waals surface area contributed by atoms with Gasteiger partial charge in [0.05, 0.1) is 12.3 Å². The van der Waals surface area contributed by atoms with Gasteiger partial charge in [0, 0.05) is 12.4 Å². The second kappa shape index (κ2) is 5.30. The van der Waals surface area contributed by atoms with Crippen molar-refractivity contribution in [2.45, 2.75) is 13.2 Å². The highest BCUT2D eigenvalue weighted by atomic mass is 19.1. The van der Waals surface area contributed by atoms with Crippen LogP contribution in [0.25, 0.3) is 5.65 Å². The summed E-state index contributed by atoms with van der Waals surface area (Å²) in [4.78, 5) is 4.29. The van der Waals surface area contributed by atoms with Crippen molar-refractivity contribution in [2.24, 2.45) is 0 Å². The van der Waals surface area contributed by atoms with Gasteiger partial charge in [-0.05, 0) is 29.8 Å². The van der Waals surface area contributed by atoms with Gasteiger partial charge in [0.15, 0.2) is 11.4 Å². The molecule has 102 valence electrons. The summed E-state index contributed by atoms with van der Waals surface area (Å²) in [5.41, 5.74) is 2.11. The van der Waals surface area contributed by atoms with Crippen molar-refractivity contribution in [3.05, 3.63) is 65.9 Å². The molecule has 0 spiro atoms. The number of imidazole rings is 1. The van der Waals surface area contributed by atoms with Gasteiger partial charge in [-0.25, -0.2) is 9.37 Å². The van der Waals surface area contributed by atoms with Crippen LogP contribution in [0.15, 0.2) is 48.8 Å². The maximum Gasteiger partial charge on any atom is 0.180 e. The minimum atomic E-state index is -0.267. The maximum atomic E-state index is 12.8. The van der Waals surface area contributed by atoms with Crippen LogP contribution < -0.4 is 4.74 Å². The third-order valence-electron chi connectivity index (χ3n) is 2.97. The summed E-state index contributed by atoms with van der Waals surface area (Å²) in [6.07, 6.45) is 3.59. The Kier molecular flexibility index (Phi) is 3.35. The van der Waals surface area contributed by atoms with E-state index in [0.29, 0.717) is 23.7 Å². The number of pyridine rings is 1. The molecule has 3 aromatic rings. The number of ether oxygens (including phenoxy) is 1. The fourth-order valence-electron chi connectivity index (χ4n) is 1.97. The smallest absolute Gasteiger partial charge is 0.180 e. The number of halogens is 1. The SMILES string of the molecule is OCc1cn2cccc(OCc3ccc(F)cc3)c2n1. The van der Waals surface area contributed by atoms with Gasteiger partial charge < -0.3 is 14.2 Å². The third-order valence-corrected chi connectivity index (χ3v) is 2.97. The average Bonchev–Trinajstić information content (AvgIpc) is 2.90. The van der Waals surface area contributed by atoms with Crippen LogP contribution in [0.4, 0.5) is 4.39 Å². The lowest BCUT2D eigenvalue weighted by atomic mass is 10.2. The van der Waals surface area contributed by atoms with Crippen LogP contribution in [0.5, 0.6) is 5.75 Å². The molecule has 3 rings (SSSR count). The second-order valence-electron chi connectivity index (χ2n) is 4.41. The Bertz CT molecular complexity index is 722. The van der Waals surface area contributed by atoms with Crippen LogP contribution in [0.1, 0.15) is 11.3 Å². The molecule has 0 amide bonds. The first kappa shape index (κ1) is 12.6. The first-order valence-electron chi connectivity index (χ1n) is 6.21. The van der Waals surface area contributed by atoms with E-state index < -0.39 is 0 Å². The average molecular weight is 272 g/mol. The number of aliphatic hydroxyl groups is 1. The van der Waals surface area contributed by atoms with Crippen molar-refractivity contribution < 1.29 is 14.2 Å². The molecule has 0 fully saturated rings. The summed E-state index contributed by atoms with van der Waals surface area (Å²) < 4.78 is 20.3. The molecule has 5 heteroatoms. The normalized spacial score (nSPS) is 10.9. The minimum Gasteiger partial charge on any atom is -0.485 e. The van der Waals surface area contributed by atoms with Crippen LogP contribution in [0.2, 0.25) is 0 Å². The predicted octanol–water partition coefficient (Wildman–Crippen LogP) is 2.54. The van der Waals surface area contributed by atoms with Crippen molar-refractivity contribution in [1.82, 2.24) is 9.38 Å². The molecule has 2 aromatic heterocycles. The Hall–Kier alpha value is -2.40. The molecule has 0 aliphatic heterocycles. The highest BCUT2D eigenvalue weighted by molar-refractivity contribution is 5.54. The van der Waals surface area contributed by atoms with Gasteiger partial charge in [-0.15, -0.1) is 0 Å². The number of rotatable bonds is 4. The van der Waals surface area contributed by atoms with E-state index in [1.54, 1.807) is 22.7 Å². The summed E-state index contributed by atoms with van der Waals surface area (Å²) in [5, 5.41) is 9.11. The number of hydrogen-bond donors (Lipinski definition) is 1. The summed E-state index contributed by atoms with van der Waals surface area (Å²) in [5.74, 6) is 0.355. The number of benzene rings is 1. The topological polar surface area (TPSA) is 46.8 Å². The van der Waals surface area contributed by atoms with Crippen molar-refractivity contribution in [1.29, 1.82) is 0 Å². The zero-order chi connectivity index (χ0) is 13.9. The van der Waals surface area contributed by atoms with Crippen LogP contribution in [0.3, 0.4) is 0 Å². The van der Waals surface area contributed by atoms with Crippen molar-refractivity contribution in [3.63, 3.8) is 0 Å². The lowest BCUT2D eigenvalue weighted by molar-refractivity contribution is 0.277. The fraction of sp³-hybridized carbons (Fsp3) is 0.133. The van der Waals surface area contributed by atoms with E-state index >= 15 is 0 Å². The van der Waals surface area contributed by atoms with Crippen molar-refractivity contribution >= 4 is 5.65 Å². The van der Waals surface area contributed by atoms with E-state index in [2.05, 4.69) is 4.98 Å². The Labute approximate surface area is 115 Å². The number of hydrogen-bond acceptors (Lipinski definition) is 3. The lowest BCUT2D eigenvalue weighted by Crippen LogP contribution is -1.97. The zero-order valence-electron chi connectivity index (χ0n) is 10.7. The molecule has 0 unspecified atom stereocenters. The summed E-state index contributed by atoms with van der Waals surface area (Å²) >= 11 is 0. The maximum absolute atomic E-state index is 12.8. The number of nitrogens with zero attached hydrogens (tertiary/aromatic N) is 2. The Balaban J connectivity index is 1.83. The van der Waals surface area contributed by atoms with Crippen LogP contribution in [-0.4, -0.2) is 14.5 Å². The molecule has 1 aromatic carbocycles. The van der Waals surface area contributed by atoms with Gasteiger partial charge >= 0.3 is 0 Å². The molecule has 20 heavy (non-hydrogen) atoms. The van der Waals surface area contributed by atoms with Gasteiger partial charge in [0.1, 0.15) is 12.4 Å². The zero-order valence-corrected chi connectivity index (χ0v) is 10.7. The summed E-state index contributed by atoms with van der Waals surface area (Å²) in [7, 11) is 0. The summed E-state index contributed by atoms with van der Waals surface area (Å²) in [6, 6.07) is 9.82. The molecule has 0 saturated carbocycles. The molecule has 1 N–H and O–H groups in total. The van der Waals surface area contributed by atoms with Crippen LogP contribution in [0, 0.1) is 5.82 Å². The Morgan fingerprint density at radius 3 is 2.75 bits per heavy atom. The highest BCUT2D eigenvalue weighted by Gasteiger charge is 2.07. The number of aromatic nitrogens is 2. The molecule has 0 aliphatic rings. The largest absolute Gasteiger partial charge is 0.485 e. The van der Waals surface area contributed by atoms with Gasteiger partial charge in [0.25, 0.3) is 0 Å². The van der Waals surface area contributed by atoms with Gasteiger partial charge in [-0.3, -0.25) is 0 Å². The molecular weight excluding hydrogens is 259 g/mol. The van der Waals surface area contributed by atoms with E-state index in [0.717, 1.165) is 5.56 Å². The first-order valence-corrected chi connectivity index (χ1v) is 6.21. The standard InChI is InChI=1S/C15H13FN2O2/c16-12-5-3-11(4-6-12)10-20-14-2-1-7-18-8-13(9-19)17-15(14)18/h1-8,19H,9-10H2. The number of aliphatic hydroxyl groups excluding tert-OH is 1. The first-order chi connectivity index (χ1) is 9.76. The quantitative estimate of drug-likeness (QED) is 0.794. The van der Waals surface area contributed by atoms with E-state index in [1.165, 1.54) is 12.1 Å². The monoisotopic (exact) mass is 272 g/mol. The third kappa shape index (κ3) is 2.48. The molecule has 0 saturated heterocycles. The van der Waals surface area contributed by atoms with E-state index in [9.17, 15) is 4.39 Å².